The molecule has 2 aliphatic rings. The summed E-state index contributed by atoms with van der Waals surface area (Å²) < 4.78 is 0. The summed E-state index contributed by atoms with van der Waals surface area (Å²) in [5.74, 6) is -1.29. The van der Waals surface area contributed by atoms with E-state index in [-0.39, 0.29) is 30.8 Å². The maximum absolute atomic E-state index is 11.4. The Kier molecular flexibility index (Phi) is 5.40. The molecule has 0 aromatic heterocycles. The van der Waals surface area contributed by atoms with Crippen LogP contribution in [0.1, 0.15) is 36.0 Å². The molecule has 0 amide bonds. The normalized spacial score (nSPS) is 21.1. The van der Waals surface area contributed by atoms with E-state index in [1.807, 2.05) is 6.07 Å². The molecule has 1 saturated carbocycles. The van der Waals surface area contributed by atoms with Crippen molar-refractivity contribution in [2.75, 3.05) is 0 Å². The summed E-state index contributed by atoms with van der Waals surface area (Å²) in [6.45, 7) is 0. The Morgan fingerprint density at radius 3 is 1.93 bits per heavy atom. The predicted octanol–water partition coefficient (Wildman–Crippen LogP) is 0.471. The molecular weight excluding hydrogens is 353 g/mol. The molecule has 0 saturated heterocycles. The van der Waals surface area contributed by atoms with Crippen LogP contribution >= 0.6 is 0 Å². The number of hydrogen-bond donors (Lipinski definition) is 1. The minimum absolute atomic E-state index is 0. The molecular formula is C25H22LiNO2. The number of carboxylic acids is 1. The second-order valence-electron chi connectivity index (χ2n) is 7.88. The Morgan fingerprint density at radius 2 is 1.38 bits per heavy atom. The van der Waals surface area contributed by atoms with Crippen LogP contribution in [-0.4, -0.2) is 12.0 Å². The predicted molar refractivity (Wildman–Crippen MR) is 107 cm³/mol. The van der Waals surface area contributed by atoms with E-state index in [0.29, 0.717) is 12.8 Å². The van der Waals surface area contributed by atoms with E-state index >= 15 is 0 Å². The first-order chi connectivity index (χ1) is 13.7. The molecule has 2 atom stereocenters. The third-order valence-corrected chi connectivity index (χ3v) is 6.35. The molecule has 3 aromatic rings. The largest absolute Gasteiger partial charge is 1.00 e. The van der Waals surface area contributed by atoms with E-state index in [1.54, 1.807) is 0 Å². The van der Waals surface area contributed by atoms with Gasteiger partial charge in [0, 0.05) is 17.9 Å². The van der Waals surface area contributed by atoms with Crippen LogP contribution in [0.15, 0.2) is 78.9 Å². The van der Waals surface area contributed by atoms with Crippen molar-refractivity contribution in [3.05, 3.63) is 95.6 Å². The summed E-state index contributed by atoms with van der Waals surface area (Å²) in [6, 6.07) is 27.7. The number of rotatable bonds is 4. The zero-order chi connectivity index (χ0) is 19.1. The van der Waals surface area contributed by atoms with Crippen molar-refractivity contribution in [2.24, 2.45) is 5.92 Å². The van der Waals surface area contributed by atoms with Gasteiger partial charge in [-0.15, -0.1) is 0 Å². The molecule has 0 bridgehead atoms. The number of carbonyl (C=O) groups is 1. The zero-order valence-corrected chi connectivity index (χ0v) is 16.6. The first-order valence-electron chi connectivity index (χ1n) is 9.93. The van der Waals surface area contributed by atoms with Crippen molar-refractivity contribution in [3.8, 4) is 11.1 Å². The molecule has 0 radical (unpaired) electrons. The smallest absolute Gasteiger partial charge is 0.550 e. The number of nitrogens with one attached hydrogen (secondary N) is 1. The van der Waals surface area contributed by atoms with Crippen LogP contribution in [0.2, 0.25) is 0 Å². The average Bonchev–Trinajstić information content (AvgIpc) is 3.32. The van der Waals surface area contributed by atoms with Crippen LogP contribution < -0.4 is 29.3 Å². The Morgan fingerprint density at radius 1 is 0.828 bits per heavy atom. The van der Waals surface area contributed by atoms with Gasteiger partial charge in [-0.25, -0.2) is 0 Å². The number of hydrogen-bond acceptors (Lipinski definition) is 3. The minimum Gasteiger partial charge on any atom is -0.550 e. The Labute approximate surface area is 183 Å². The molecule has 140 valence electrons. The SMILES string of the molecule is O=C([O-])[C@@H]1CC[C@H](NC2(c3ccccc3)c3ccccc3-c3ccccc32)C1.[Li+]. The van der Waals surface area contributed by atoms with Crippen molar-refractivity contribution in [1.29, 1.82) is 0 Å². The maximum atomic E-state index is 11.4. The molecule has 4 heteroatoms. The molecule has 2 aliphatic carbocycles. The first kappa shape index (κ1) is 20.0. The van der Waals surface area contributed by atoms with Crippen molar-refractivity contribution in [3.63, 3.8) is 0 Å². The third kappa shape index (κ3) is 3.15. The van der Waals surface area contributed by atoms with Gasteiger partial charge in [0.05, 0.1) is 5.54 Å². The van der Waals surface area contributed by atoms with Gasteiger partial charge in [-0.3, -0.25) is 5.32 Å². The molecule has 1 N–H and O–H groups in total. The van der Waals surface area contributed by atoms with Gasteiger partial charge in [0.2, 0.25) is 0 Å². The summed E-state index contributed by atoms with van der Waals surface area (Å²) in [4.78, 5) is 11.4. The van der Waals surface area contributed by atoms with Crippen molar-refractivity contribution in [2.45, 2.75) is 30.8 Å². The van der Waals surface area contributed by atoms with E-state index in [1.165, 1.54) is 27.8 Å². The molecule has 3 aromatic carbocycles. The van der Waals surface area contributed by atoms with E-state index in [0.717, 1.165) is 6.42 Å². The van der Waals surface area contributed by atoms with Crippen molar-refractivity contribution >= 4 is 5.97 Å². The molecule has 0 spiro atoms. The first-order valence-corrected chi connectivity index (χ1v) is 9.93. The van der Waals surface area contributed by atoms with Gasteiger partial charge in [-0.2, -0.15) is 0 Å². The van der Waals surface area contributed by atoms with Gasteiger partial charge < -0.3 is 9.90 Å². The van der Waals surface area contributed by atoms with E-state index < -0.39 is 11.5 Å². The second kappa shape index (κ2) is 7.84. The van der Waals surface area contributed by atoms with E-state index in [9.17, 15) is 9.90 Å². The standard InChI is InChI=1S/C25H23NO2.Li/c27-24(28)17-14-15-19(16-17)26-25(18-8-2-1-3-9-18)22-12-6-4-10-20(22)21-11-5-7-13-23(21)25;/h1-13,17,19,26H,14-16H2,(H,27,28);/q;+1/p-1/t17-,19+;/m1./s1. The van der Waals surface area contributed by atoms with Gasteiger partial charge in [-0.1, -0.05) is 78.9 Å². The fourth-order valence-electron chi connectivity index (χ4n) is 5.11. The Hall–Kier alpha value is -2.31. The summed E-state index contributed by atoms with van der Waals surface area (Å²) in [5.41, 5.74) is 5.66. The van der Waals surface area contributed by atoms with Gasteiger partial charge in [0.1, 0.15) is 0 Å². The van der Waals surface area contributed by atoms with Crippen molar-refractivity contribution in [1.82, 2.24) is 5.32 Å². The van der Waals surface area contributed by atoms with Gasteiger partial charge in [0.15, 0.2) is 0 Å². The van der Waals surface area contributed by atoms with Crippen molar-refractivity contribution < 1.29 is 28.8 Å². The molecule has 0 heterocycles. The summed E-state index contributed by atoms with van der Waals surface area (Å²) >= 11 is 0. The maximum Gasteiger partial charge on any atom is 1.00 e. The third-order valence-electron chi connectivity index (χ3n) is 6.35. The molecule has 29 heavy (non-hydrogen) atoms. The molecule has 1 fully saturated rings. The number of aliphatic carboxylic acids is 1. The number of fused-ring (bicyclic) bond motifs is 3. The van der Waals surface area contributed by atoms with Gasteiger partial charge in [0.25, 0.3) is 0 Å². The van der Waals surface area contributed by atoms with Crippen LogP contribution in [-0.2, 0) is 10.3 Å². The Balaban J connectivity index is 0.00000205. The number of carboxylic acid groups (broad SMARTS) is 1. The minimum atomic E-state index is -0.926. The van der Waals surface area contributed by atoms with Crippen LogP contribution in [0.5, 0.6) is 0 Å². The summed E-state index contributed by atoms with van der Waals surface area (Å²) in [5, 5.41) is 15.3. The fourth-order valence-corrected chi connectivity index (χ4v) is 5.11. The van der Waals surface area contributed by atoms with Gasteiger partial charge >= 0.3 is 18.9 Å². The Bertz CT molecular complexity index is 988. The number of benzene rings is 3. The molecule has 3 nitrogen and oxygen atoms in total. The zero-order valence-electron chi connectivity index (χ0n) is 16.6. The topological polar surface area (TPSA) is 52.2 Å². The molecule has 5 rings (SSSR count). The van der Waals surface area contributed by atoms with Crippen LogP contribution in [0, 0.1) is 5.92 Å². The summed E-state index contributed by atoms with van der Waals surface area (Å²) in [7, 11) is 0. The number of carbonyl (C=O) groups excluding carboxylic acids is 1. The van der Waals surface area contributed by atoms with Crippen LogP contribution in [0.3, 0.4) is 0 Å². The monoisotopic (exact) mass is 375 g/mol. The van der Waals surface area contributed by atoms with Crippen LogP contribution in [0.25, 0.3) is 11.1 Å². The average molecular weight is 375 g/mol. The fraction of sp³-hybridized carbons (Fsp3) is 0.240. The summed E-state index contributed by atoms with van der Waals surface area (Å²) in [6.07, 6.45) is 2.13. The van der Waals surface area contributed by atoms with E-state index in [2.05, 4.69) is 78.1 Å². The second-order valence-corrected chi connectivity index (χ2v) is 7.88. The molecule has 0 aliphatic heterocycles. The van der Waals surface area contributed by atoms with Gasteiger partial charge in [-0.05, 0) is 47.1 Å². The van der Waals surface area contributed by atoms with E-state index in [4.69, 9.17) is 0 Å². The quantitative estimate of drug-likeness (QED) is 0.675. The van der Waals surface area contributed by atoms with Crippen LogP contribution in [0.4, 0.5) is 0 Å². The molecule has 0 unspecified atom stereocenters.